The van der Waals surface area contributed by atoms with Crippen LogP contribution in [0, 0.1) is 29.1 Å². The van der Waals surface area contributed by atoms with Crippen molar-refractivity contribution < 1.29 is 4.79 Å². The third-order valence-corrected chi connectivity index (χ3v) is 5.11. The Bertz CT molecular complexity index is 303. The zero-order chi connectivity index (χ0) is 11.9. The molecule has 0 saturated heterocycles. The molecule has 0 aromatic rings. The molecule has 0 aromatic heterocycles. The summed E-state index contributed by atoms with van der Waals surface area (Å²) in [5.41, 5.74) is 0.245. The van der Waals surface area contributed by atoms with Crippen molar-refractivity contribution in [3.8, 4) is 0 Å². The van der Waals surface area contributed by atoms with Crippen LogP contribution in [0.15, 0.2) is 12.7 Å². The lowest BCUT2D eigenvalue weighted by molar-refractivity contribution is -0.132. The standard InChI is InChI=1S/C15H24O/c1-5-6-10(2)14(16)13-11-7-8-12(9-11)15(13,3)4/h5,10-13H,1,6-9H2,2-4H3. The van der Waals surface area contributed by atoms with Gasteiger partial charge in [0.15, 0.2) is 0 Å². The van der Waals surface area contributed by atoms with E-state index in [-0.39, 0.29) is 11.3 Å². The van der Waals surface area contributed by atoms with Gasteiger partial charge < -0.3 is 0 Å². The summed E-state index contributed by atoms with van der Waals surface area (Å²) in [6.45, 7) is 10.4. The van der Waals surface area contributed by atoms with Crippen molar-refractivity contribution in [2.24, 2.45) is 29.1 Å². The van der Waals surface area contributed by atoms with Crippen molar-refractivity contribution in [3.05, 3.63) is 12.7 Å². The van der Waals surface area contributed by atoms with Crippen LogP contribution in [0.3, 0.4) is 0 Å². The van der Waals surface area contributed by atoms with Crippen molar-refractivity contribution in [1.82, 2.24) is 0 Å². The molecule has 90 valence electrons. The molecule has 16 heavy (non-hydrogen) atoms. The first kappa shape index (κ1) is 11.9. The van der Waals surface area contributed by atoms with Gasteiger partial charge in [0.25, 0.3) is 0 Å². The number of allylic oxidation sites excluding steroid dienone is 1. The lowest BCUT2D eigenvalue weighted by Gasteiger charge is -2.38. The Morgan fingerprint density at radius 1 is 1.50 bits per heavy atom. The molecule has 2 aliphatic carbocycles. The van der Waals surface area contributed by atoms with Gasteiger partial charge in [-0.25, -0.2) is 0 Å². The van der Waals surface area contributed by atoms with Crippen LogP contribution in [0.4, 0.5) is 0 Å². The van der Waals surface area contributed by atoms with Crippen molar-refractivity contribution in [3.63, 3.8) is 0 Å². The van der Waals surface area contributed by atoms with E-state index < -0.39 is 0 Å². The van der Waals surface area contributed by atoms with Crippen molar-refractivity contribution in [2.45, 2.75) is 46.5 Å². The summed E-state index contributed by atoms with van der Waals surface area (Å²) in [4.78, 5) is 12.5. The lowest BCUT2D eigenvalue weighted by Crippen LogP contribution is -2.38. The number of Topliss-reactive ketones (excluding diaryl/α,β-unsaturated/α-hetero) is 1. The SMILES string of the molecule is C=CCC(C)C(=O)C1C2CCC(C2)C1(C)C. The van der Waals surface area contributed by atoms with Crippen LogP contribution in [0.25, 0.3) is 0 Å². The molecule has 0 aliphatic heterocycles. The molecule has 2 aliphatic rings. The average Bonchev–Trinajstić information content (AvgIpc) is 2.75. The fourth-order valence-corrected chi connectivity index (χ4v) is 4.13. The first-order chi connectivity index (χ1) is 7.48. The predicted octanol–water partition coefficient (Wildman–Crippen LogP) is 3.84. The van der Waals surface area contributed by atoms with E-state index in [9.17, 15) is 4.79 Å². The molecule has 2 bridgehead atoms. The Kier molecular flexibility index (Phi) is 2.98. The quantitative estimate of drug-likeness (QED) is 0.658. The maximum Gasteiger partial charge on any atom is 0.139 e. The number of hydrogen-bond acceptors (Lipinski definition) is 1. The van der Waals surface area contributed by atoms with E-state index in [0.717, 1.165) is 12.3 Å². The van der Waals surface area contributed by atoms with Gasteiger partial charge >= 0.3 is 0 Å². The number of rotatable bonds is 4. The molecule has 0 heterocycles. The number of ketones is 1. The molecule has 4 atom stereocenters. The summed E-state index contributed by atoms with van der Waals surface area (Å²) in [7, 11) is 0. The van der Waals surface area contributed by atoms with Gasteiger partial charge in [0.1, 0.15) is 5.78 Å². The zero-order valence-electron chi connectivity index (χ0n) is 10.8. The van der Waals surface area contributed by atoms with Crippen LogP contribution in [0.1, 0.15) is 46.5 Å². The Labute approximate surface area is 99.3 Å². The highest BCUT2D eigenvalue weighted by molar-refractivity contribution is 5.84. The summed E-state index contributed by atoms with van der Waals surface area (Å²) in [5, 5.41) is 0. The minimum atomic E-state index is 0.168. The van der Waals surface area contributed by atoms with Gasteiger partial charge in [0.2, 0.25) is 0 Å². The predicted molar refractivity (Wildman–Crippen MR) is 67.1 cm³/mol. The number of fused-ring (bicyclic) bond motifs is 2. The molecule has 0 radical (unpaired) electrons. The van der Waals surface area contributed by atoms with Crippen LogP contribution in [0.2, 0.25) is 0 Å². The summed E-state index contributed by atoms with van der Waals surface area (Å²) in [6.07, 6.45) is 6.64. The molecule has 1 heteroatoms. The first-order valence-electron chi connectivity index (χ1n) is 6.63. The van der Waals surface area contributed by atoms with Gasteiger partial charge in [-0.05, 0) is 42.9 Å². The molecular formula is C15H24O. The summed E-state index contributed by atoms with van der Waals surface area (Å²) in [6, 6.07) is 0. The molecule has 1 nitrogen and oxygen atoms in total. The molecule has 0 spiro atoms. The highest BCUT2D eigenvalue weighted by Gasteiger charge is 2.55. The van der Waals surface area contributed by atoms with E-state index in [1.165, 1.54) is 19.3 Å². The van der Waals surface area contributed by atoms with Crippen molar-refractivity contribution in [1.29, 1.82) is 0 Å². The second-order valence-corrected chi connectivity index (χ2v) is 6.40. The third kappa shape index (κ3) is 1.65. The Balaban J connectivity index is 2.15. The molecule has 0 amide bonds. The van der Waals surface area contributed by atoms with Crippen LogP contribution in [-0.4, -0.2) is 5.78 Å². The van der Waals surface area contributed by atoms with Gasteiger partial charge in [-0.15, -0.1) is 6.58 Å². The van der Waals surface area contributed by atoms with Crippen molar-refractivity contribution >= 4 is 5.78 Å². The van der Waals surface area contributed by atoms with Gasteiger partial charge in [-0.2, -0.15) is 0 Å². The van der Waals surface area contributed by atoms with Crippen LogP contribution in [0.5, 0.6) is 0 Å². The normalized spacial score (nSPS) is 37.3. The zero-order valence-corrected chi connectivity index (χ0v) is 10.8. The molecule has 4 unspecified atom stereocenters. The summed E-state index contributed by atoms with van der Waals surface area (Å²) < 4.78 is 0. The van der Waals surface area contributed by atoms with Crippen molar-refractivity contribution in [2.75, 3.05) is 0 Å². The number of hydrogen-bond donors (Lipinski definition) is 0. The Morgan fingerprint density at radius 2 is 2.19 bits per heavy atom. The Morgan fingerprint density at radius 3 is 2.69 bits per heavy atom. The van der Waals surface area contributed by atoms with Crippen LogP contribution in [-0.2, 0) is 4.79 Å². The van der Waals surface area contributed by atoms with E-state index in [2.05, 4.69) is 27.4 Å². The molecular weight excluding hydrogens is 196 g/mol. The number of carbonyl (C=O) groups is 1. The third-order valence-electron chi connectivity index (χ3n) is 5.11. The topological polar surface area (TPSA) is 17.1 Å². The second-order valence-electron chi connectivity index (χ2n) is 6.40. The highest BCUT2D eigenvalue weighted by Crippen LogP contribution is 2.60. The fourth-order valence-electron chi connectivity index (χ4n) is 4.13. The van der Waals surface area contributed by atoms with Gasteiger partial charge in [-0.1, -0.05) is 26.8 Å². The smallest absolute Gasteiger partial charge is 0.139 e. The molecule has 0 N–H and O–H groups in total. The largest absolute Gasteiger partial charge is 0.299 e. The Hall–Kier alpha value is -0.590. The summed E-state index contributed by atoms with van der Waals surface area (Å²) >= 11 is 0. The maximum absolute atomic E-state index is 12.5. The average molecular weight is 220 g/mol. The van der Waals surface area contributed by atoms with E-state index in [1.807, 2.05) is 6.08 Å². The van der Waals surface area contributed by atoms with E-state index in [0.29, 0.717) is 17.6 Å². The molecule has 2 fully saturated rings. The lowest BCUT2D eigenvalue weighted by atomic mass is 9.65. The summed E-state index contributed by atoms with van der Waals surface area (Å²) in [5.74, 6) is 2.46. The van der Waals surface area contributed by atoms with E-state index in [4.69, 9.17) is 0 Å². The van der Waals surface area contributed by atoms with E-state index in [1.54, 1.807) is 0 Å². The molecule has 0 aromatic carbocycles. The minimum Gasteiger partial charge on any atom is -0.299 e. The van der Waals surface area contributed by atoms with Gasteiger partial charge in [-0.3, -0.25) is 4.79 Å². The molecule has 2 saturated carbocycles. The maximum atomic E-state index is 12.5. The highest BCUT2D eigenvalue weighted by atomic mass is 16.1. The monoisotopic (exact) mass is 220 g/mol. The van der Waals surface area contributed by atoms with Crippen LogP contribution >= 0.6 is 0 Å². The number of carbonyl (C=O) groups excluding carboxylic acids is 1. The van der Waals surface area contributed by atoms with E-state index >= 15 is 0 Å². The molecule has 2 rings (SSSR count). The first-order valence-corrected chi connectivity index (χ1v) is 6.63. The fraction of sp³-hybridized carbons (Fsp3) is 0.800. The minimum absolute atomic E-state index is 0.168. The van der Waals surface area contributed by atoms with Crippen LogP contribution < -0.4 is 0 Å². The van der Waals surface area contributed by atoms with Gasteiger partial charge in [0.05, 0.1) is 0 Å². The van der Waals surface area contributed by atoms with Gasteiger partial charge in [0, 0.05) is 11.8 Å². The second kappa shape index (κ2) is 4.01.